The van der Waals surface area contributed by atoms with Crippen LogP contribution >= 0.6 is 0 Å². The summed E-state index contributed by atoms with van der Waals surface area (Å²) in [6.07, 6.45) is 1.90. The number of hydrogen-bond acceptors (Lipinski definition) is 3. The summed E-state index contributed by atoms with van der Waals surface area (Å²) in [6.45, 7) is 1.48. The molecule has 1 saturated carbocycles. The van der Waals surface area contributed by atoms with Gasteiger partial charge in [-0.2, -0.15) is 0 Å². The average molecular weight is 432 g/mol. The number of hydrogen-bond donors (Lipinski definition) is 2. The van der Waals surface area contributed by atoms with Gasteiger partial charge in [-0.1, -0.05) is 42.5 Å². The second-order valence-electron chi connectivity index (χ2n) is 8.15. The maximum atomic E-state index is 13.3. The molecule has 0 atom stereocenters. The molecule has 2 amide bonds. The molecule has 0 radical (unpaired) electrons. The van der Waals surface area contributed by atoms with E-state index in [-0.39, 0.29) is 23.3 Å². The van der Waals surface area contributed by atoms with Crippen molar-refractivity contribution >= 4 is 17.5 Å². The Labute approximate surface area is 187 Å². The molecule has 32 heavy (non-hydrogen) atoms. The first-order valence-electron chi connectivity index (χ1n) is 10.7. The molecular weight excluding hydrogens is 405 g/mol. The van der Waals surface area contributed by atoms with Crippen LogP contribution in [-0.2, 0) is 24.4 Å². The fourth-order valence-corrected chi connectivity index (χ4v) is 3.62. The number of amides is 2. The molecule has 5 nitrogen and oxygen atoms in total. The minimum atomic E-state index is -0.453. The van der Waals surface area contributed by atoms with Crippen LogP contribution in [0.1, 0.15) is 39.9 Å². The van der Waals surface area contributed by atoms with E-state index in [0.29, 0.717) is 25.3 Å². The van der Waals surface area contributed by atoms with Gasteiger partial charge in [0, 0.05) is 36.8 Å². The van der Waals surface area contributed by atoms with Gasteiger partial charge in [-0.25, -0.2) is 4.39 Å². The number of halogens is 1. The van der Waals surface area contributed by atoms with E-state index in [0.717, 1.165) is 29.5 Å². The largest absolute Gasteiger partial charge is 0.334 e. The SMILES string of the molecule is NCc1cccc(CN(Cc2ccc(NC(=O)c3cccc(F)c3)cc2)C(=O)C2CC2)c1. The lowest BCUT2D eigenvalue weighted by atomic mass is 10.1. The molecule has 1 aliphatic rings. The molecule has 0 spiro atoms. The lowest BCUT2D eigenvalue weighted by Gasteiger charge is -2.23. The van der Waals surface area contributed by atoms with Crippen LogP contribution in [0.3, 0.4) is 0 Å². The summed E-state index contributed by atoms with van der Waals surface area (Å²) < 4.78 is 13.3. The minimum Gasteiger partial charge on any atom is -0.334 e. The molecule has 0 saturated heterocycles. The van der Waals surface area contributed by atoms with Crippen molar-refractivity contribution in [3.05, 3.63) is 101 Å². The van der Waals surface area contributed by atoms with Crippen molar-refractivity contribution in [1.29, 1.82) is 0 Å². The van der Waals surface area contributed by atoms with Crippen LogP contribution < -0.4 is 11.1 Å². The van der Waals surface area contributed by atoms with E-state index in [1.165, 1.54) is 18.2 Å². The van der Waals surface area contributed by atoms with Crippen LogP contribution in [0.4, 0.5) is 10.1 Å². The van der Waals surface area contributed by atoms with Crippen LogP contribution in [0, 0.1) is 11.7 Å². The van der Waals surface area contributed by atoms with Crippen LogP contribution in [0.25, 0.3) is 0 Å². The van der Waals surface area contributed by atoms with Gasteiger partial charge in [0.1, 0.15) is 5.82 Å². The summed E-state index contributed by atoms with van der Waals surface area (Å²) in [4.78, 5) is 27.1. The maximum Gasteiger partial charge on any atom is 0.255 e. The Balaban J connectivity index is 1.44. The Morgan fingerprint density at radius 2 is 1.59 bits per heavy atom. The molecule has 0 bridgehead atoms. The fraction of sp³-hybridized carbons (Fsp3) is 0.231. The average Bonchev–Trinajstić information content (AvgIpc) is 3.65. The van der Waals surface area contributed by atoms with Gasteiger partial charge in [0.05, 0.1) is 0 Å². The van der Waals surface area contributed by atoms with E-state index in [9.17, 15) is 14.0 Å². The van der Waals surface area contributed by atoms with Crippen molar-refractivity contribution in [1.82, 2.24) is 4.90 Å². The summed E-state index contributed by atoms with van der Waals surface area (Å²) in [5.41, 5.74) is 9.69. The van der Waals surface area contributed by atoms with Gasteiger partial charge in [0.15, 0.2) is 0 Å². The summed E-state index contributed by atoms with van der Waals surface area (Å²) in [6, 6.07) is 20.9. The number of anilines is 1. The second-order valence-corrected chi connectivity index (χ2v) is 8.15. The van der Waals surface area contributed by atoms with Gasteiger partial charge in [-0.3, -0.25) is 9.59 Å². The molecule has 6 heteroatoms. The normalized spacial score (nSPS) is 12.9. The molecule has 0 aliphatic heterocycles. The van der Waals surface area contributed by atoms with E-state index in [1.54, 1.807) is 18.2 Å². The number of carbonyl (C=O) groups excluding carboxylic acids is 2. The van der Waals surface area contributed by atoms with Gasteiger partial charge in [-0.05, 0) is 59.9 Å². The van der Waals surface area contributed by atoms with Gasteiger partial charge < -0.3 is 16.0 Å². The Morgan fingerprint density at radius 1 is 0.906 bits per heavy atom. The highest BCUT2D eigenvalue weighted by Gasteiger charge is 2.33. The first kappa shape index (κ1) is 21.7. The van der Waals surface area contributed by atoms with E-state index in [4.69, 9.17) is 5.73 Å². The quantitative estimate of drug-likeness (QED) is 0.552. The van der Waals surface area contributed by atoms with E-state index < -0.39 is 5.82 Å². The van der Waals surface area contributed by atoms with Crippen LogP contribution in [0.2, 0.25) is 0 Å². The predicted octanol–water partition coefficient (Wildman–Crippen LogP) is 4.48. The monoisotopic (exact) mass is 431 g/mol. The molecule has 0 unspecified atom stereocenters. The van der Waals surface area contributed by atoms with Crippen molar-refractivity contribution in [3.63, 3.8) is 0 Å². The zero-order valence-corrected chi connectivity index (χ0v) is 17.8. The molecule has 3 aromatic rings. The highest BCUT2D eigenvalue weighted by molar-refractivity contribution is 6.04. The molecule has 4 rings (SSSR count). The van der Waals surface area contributed by atoms with Crippen molar-refractivity contribution < 1.29 is 14.0 Å². The third kappa shape index (κ3) is 5.59. The number of rotatable bonds is 8. The Kier molecular flexibility index (Phi) is 6.61. The standard InChI is InChI=1S/C26H26FN3O2/c27-23-6-2-5-22(14-23)25(31)29-24-11-7-18(8-12-24)16-30(26(32)21-9-10-21)17-20-4-1-3-19(13-20)15-28/h1-8,11-14,21H,9-10,15-17,28H2,(H,29,31). The number of nitrogens with one attached hydrogen (secondary N) is 1. The van der Waals surface area contributed by atoms with E-state index in [1.807, 2.05) is 41.3 Å². The fourth-order valence-electron chi connectivity index (χ4n) is 3.62. The second kappa shape index (κ2) is 9.75. The van der Waals surface area contributed by atoms with Gasteiger partial charge in [0.25, 0.3) is 5.91 Å². The van der Waals surface area contributed by atoms with Crippen molar-refractivity contribution in [2.24, 2.45) is 11.7 Å². The number of benzene rings is 3. The third-order valence-electron chi connectivity index (χ3n) is 5.51. The molecule has 0 aromatic heterocycles. The van der Waals surface area contributed by atoms with Gasteiger partial charge in [-0.15, -0.1) is 0 Å². The molecule has 3 aromatic carbocycles. The predicted molar refractivity (Wildman–Crippen MR) is 122 cm³/mol. The number of nitrogens with zero attached hydrogens (tertiary/aromatic N) is 1. The number of nitrogens with two attached hydrogens (primary N) is 1. The van der Waals surface area contributed by atoms with E-state index >= 15 is 0 Å². The molecule has 1 fully saturated rings. The Morgan fingerprint density at radius 3 is 2.28 bits per heavy atom. The summed E-state index contributed by atoms with van der Waals surface area (Å²) >= 11 is 0. The van der Waals surface area contributed by atoms with Gasteiger partial charge in [0.2, 0.25) is 5.91 Å². The lowest BCUT2D eigenvalue weighted by Crippen LogP contribution is -2.31. The minimum absolute atomic E-state index is 0.123. The molecular formula is C26H26FN3O2. The van der Waals surface area contributed by atoms with Crippen molar-refractivity contribution in [2.45, 2.75) is 32.5 Å². The third-order valence-corrected chi connectivity index (χ3v) is 5.51. The summed E-state index contributed by atoms with van der Waals surface area (Å²) in [5, 5.41) is 2.77. The zero-order valence-electron chi connectivity index (χ0n) is 17.8. The molecule has 164 valence electrons. The Hall–Kier alpha value is -3.51. The van der Waals surface area contributed by atoms with E-state index in [2.05, 4.69) is 5.32 Å². The highest BCUT2D eigenvalue weighted by Crippen LogP contribution is 2.32. The van der Waals surface area contributed by atoms with Crippen LogP contribution in [-0.4, -0.2) is 16.7 Å². The molecule has 1 aliphatic carbocycles. The van der Waals surface area contributed by atoms with Gasteiger partial charge >= 0.3 is 0 Å². The maximum absolute atomic E-state index is 13.3. The topological polar surface area (TPSA) is 75.4 Å². The van der Waals surface area contributed by atoms with Crippen molar-refractivity contribution in [2.75, 3.05) is 5.32 Å². The zero-order chi connectivity index (χ0) is 22.5. The first-order valence-corrected chi connectivity index (χ1v) is 10.7. The van der Waals surface area contributed by atoms with Crippen LogP contribution in [0.5, 0.6) is 0 Å². The van der Waals surface area contributed by atoms with Crippen molar-refractivity contribution in [3.8, 4) is 0 Å². The number of carbonyl (C=O) groups is 2. The summed E-state index contributed by atoms with van der Waals surface area (Å²) in [7, 11) is 0. The lowest BCUT2D eigenvalue weighted by molar-refractivity contribution is -0.133. The highest BCUT2D eigenvalue weighted by atomic mass is 19.1. The summed E-state index contributed by atoms with van der Waals surface area (Å²) in [5.74, 6) is -0.530. The first-order chi connectivity index (χ1) is 15.5. The van der Waals surface area contributed by atoms with Crippen LogP contribution in [0.15, 0.2) is 72.8 Å². The molecule has 3 N–H and O–H groups in total. The Bertz CT molecular complexity index is 1110. The molecule has 0 heterocycles. The smallest absolute Gasteiger partial charge is 0.255 e.